The number of H-pyrrole nitrogens is 1. The number of likely N-dealkylation sites (tertiary alicyclic amines) is 1. The molecule has 0 atom stereocenters. The number of hydrogen-bond acceptors (Lipinski definition) is 6. The fraction of sp³-hybridized carbons (Fsp3) is 0.227. The lowest BCUT2D eigenvalue weighted by Crippen LogP contribution is -2.38. The van der Waals surface area contributed by atoms with Gasteiger partial charge < -0.3 is 18.6 Å². The zero-order valence-corrected chi connectivity index (χ0v) is 18.5. The Morgan fingerprint density at radius 3 is 2.58 bits per heavy atom. The van der Waals surface area contributed by atoms with Crippen LogP contribution in [0.4, 0.5) is 10.7 Å². The number of nitrogens with one attached hydrogen (secondary N) is 2. The van der Waals surface area contributed by atoms with Gasteiger partial charge in [0, 0.05) is 37.2 Å². The van der Waals surface area contributed by atoms with Crippen molar-refractivity contribution in [1.82, 2.24) is 24.4 Å². The van der Waals surface area contributed by atoms with Crippen LogP contribution < -0.4 is 9.50 Å². The number of piperidine rings is 1. The van der Waals surface area contributed by atoms with Gasteiger partial charge in [-0.05, 0) is 55.7 Å². The largest absolute Gasteiger partial charge is 0.379 e. The second kappa shape index (κ2) is 8.58. The number of aromatic nitrogens is 4. The molecular weight excluding hydrogens is 444 g/mol. The summed E-state index contributed by atoms with van der Waals surface area (Å²) in [6, 6.07) is 10.8. The van der Waals surface area contributed by atoms with E-state index in [-0.39, 0.29) is 16.7 Å². The molecule has 1 aliphatic rings. The lowest BCUT2D eigenvalue weighted by molar-refractivity contribution is 0.200. The topological polar surface area (TPSA) is 122 Å². The highest BCUT2D eigenvalue weighted by Crippen LogP contribution is 2.25. The molecule has 2 aromatic carbocycles. The van der Waals surface area contributed by atoms with Crippen molar-refractivity contribution in [1.29, 1.82) is 0 Å². The summed E-state index contributed by atoms with van der Waals surface area (Å²) < 4.78 is 32.6. The standard InChI is InChI=1S/C22H22N6O4S/c29-22(27-11-2-1-3-12-27)26-21-24-19-9-6-17(14-20(19)25-21)32-33(30,31)18-7-4-16(5-8-18)28-13-10-23-15-28/h4-10,13-15H,1-3,11-12H2,(H2,24,25,26,29). The smallest absolute Gasteiger partial charge is 0.339 e. The van der Waals surface area contributed by atoms with E-state index in [1.807, 2.05) is 0 Å². The van der Waals surface area contributed by atoms with Gasteiger partial charge in [-0.3, -0.25) is 5.32 Å². The molecule has 1 aliphatic heterocycles. The zero-order valence-electron chi connectivity index (χ0n) is 17.6. The van der Waals surface area contributed by atoms with Crippen molar-refractivity contribution in [2.24, 2.45) is 0 Å². The van der Waals surface area contributed by atoms with Crippen molar-refractivity contribution >= 4 is 33.1 Å². The van der Waals surface area contributed by atoms with Crippen molar-refractivity contribution < 1.29 is 17.4 Å². The molecule has 0 spiro atoms. The second-order valence-corrected chi connectivity index (χ2v) is 9.29. The fourth-order valence-corrected chi connectivity index (χ4v) is 4.67. The van der Waals surface area contributed by atoms with Gasteiger partial charge >= 0.3 is 16.1 Å². The van der Waals surface area contributed by atoms with E-state index in [0.29, 0.717) is 17.0 Å². The molecule has 2 aromatic heterocycles. The molecule has 4 aromatic rings. The fourth-order valence-electron chi connectivity index (χ4n) is 3.75. The van der Waals surface area contributed by atoms with Gasteiger partial charge in [0.05, 0.1) is 17.4 Å². The summed E-state index contributed by atoms with van der Waals surface area (Å²) in [5, 5.41) is 2.77. The van der Waals surface area contributed by atoms with E-state index in [1.54, 1.807) is 46.4 Å². The lowest BCUT2D eigenvalue weighted by atomic mass is 10.1. The molecule has 0 bridgehead atoms. The molecule has 10 nitrogen and oxygen atoms in total. The number of imidazole rings is 2. The molecule has 2 amide bonds. The minimum atomic E-state index is -4.03. The summed E-state index contributed by atoms with van der Waals surface area (Å²) in [4.78, 5) is 25.5. The minimum Gasteiger partial charge on any atom is -0.379 e. The number of fused-ring (bicyclic) bond motifs is 1. The minimum absolute atomic E-state index is 0.0329. The van der Waals surface area contributed by atoms with Crippen LogP contribution in [0.5, 0.6) is 5.75 Å². The molecule has 0 radical (unpaired) electrons. The van der Waals surface area contributed by atoms with E-state index in [2.05, 4.69) is 20.3 Å². The van der Waals surface area contributed by atoms with Gasteiger partial charge in [-0.15, -0.1) is 0 Å². The van der Waals surface area contributed by atoms with Gasteiger partial charge in [-0.2, -0.15) is 8.42 Å². The number of anilines is 1. The van der Waals surface area contributed by atoms with E-state index >= 15 is 0 Å². The molecule has 170 valence electrons. The van der Waals surface area contributed by atoms with Crippen LogP contribution in [-0.2, 0) is 10.1 Å². The Labute approximate surface area is 190 Å². The summed E-state index contributed by atoms with van der Waals surface area (Å²) in [7, 11) is -4.03. The molecule has 11 heteroatoms. The number of amides is 2. The van der Waals surface area contributed by atoms with Crippen LogP contribution in [0.1, 0.15) is 19.3 Å². The number of benzene rings is 2. The molecule has 2 N–H and O–H groups in total. The summed E-state index contributed by atoms with van der Waals surface area (Å²) >= 11 is 0. The number of carbonyl (C=O) groups excluding carboxylic acids is 1. The average Bonchev–Trinajstić information content (AvgIpc) is 3.49. The summed E-state index contributed by atoms with van der Waals surface area (Å²) in [5.74, 6) is 0.439. The highest BCUT2D eigenvalue weighted by molar-refractivity contribution is 7.87. The van der Waals surface area contributed by atoms with Crippen LogP contribution in [0.3, 0.4) is 0 Å². The third-order valence-electron chi connectivity index (χ3n) is 5.46. The third kappa shape index (κ3) is 4.53. The van der Waals surface area contributed by atoms with E-state index in [4.69, 9.17) is 4.18 Å². The maximum atomic E-state index is 12.7. The van der Waals surface area contributed by atoms with E-state index in [1.165, 1.54) is 24.3 Å². The van der Waals surface area contributed by atoms with Gasteiger partial charge in [0.15, 0.2) is 0 Å². The first-order valence-corrected chi connectivity index (χ1v) is 12.0. The molecule has 5 rings (SSSR count). The number of urea groups is 1. The molecule has 0 aliphatic carbocycles. The average molecular weight is 467 g/mol. The predicted molar refractivity (Wildman–Crippen MR) is 122 cm³/mol. The second-order valence-electron chi connectivity index (χ2n) is 7.74. The van der Waals surface area contributed by atoms with Crippen molar-refractivity contribution in [2.45, 2.75) is 24.2 Å². The molecule has 0 saturated carbocycles. The quantitative estimate of drug-likeness (QED) is 0.434. The maximum Gasteiger partial charge on any atom is 0.339 e. The normalized spacial score (nSPS) is 14.4. The van der Waals surface area contributed by atoms with Gasteiger partial charge in [-0.25, -0.2) is 14.8 Å². The van der Waals surface area contributed by atoms with Crippen molar-refractivity contribution in [2.75, 3.05) is 18.4 Å². The van der Waals surface area contributed by atoms with Gasteiger partial charge in [0.2, 0.25) is 5.95 Å². The van der Waals surface area contributed by atoms with Crippen LogP contribution in [0.2, 0.25) is 0 Å². The number of rotatable bonds is 5. The highest BCUT2D eigenvalue weighted by Gasteiger charge is 2.19. The Morgan fingerprint density at radius 2 is 1.85 bits per heavy atom. The van der Waals surface area contributed by atoms with Crippen molar-refractivity contribution in [3.8, 4) is 11.4 Å². The first kappa shape index (κ1) is 21.0. The zero-order chi connectivity index (χ0) is 22.8. The van der Waals surface area contributed by atoms with Gasteiger partial charge in [0.25, 0.3) is 0 Å². The first-order valence-electron chi connectivity index (χ1n) is 10.6. The third-order valence-corrected chi connectivity index (χ3v) is 6.72. The van der Waals surface area contributed by atoms with E-state index < -0.39 is 10.1 Å². The number of nitrogens with zero attached hydrogens (tertiary/aromatic N) is 4. The monoisotopic (exact) mass is 466 g/mol. The van der Waals surface area contributed by atoms with Crippen LogP contribution in [0, 0.1) is 0 Å². The summed E-state index contributed by atoms with van der Waals surface area (Å²) in [5.41, 5.74) is 1.91. The number of aromatic amines is 1. The Hall–Kier alpha value is -3.86. The molecule has 1 fully saturated rings. The summed E-state index contributed by atoms with van der Waals surface area (Å²) in [6.07, 6.45) is 8.16. The van der Waals surface area contributed by atoms with Crippen molar-refractivity contribution in [3.63, 3.8) is 0 Å². The lowest BCUT2D eigenvalue weighted by Gasteiger charge is -2.26. The molecule has 0 unspecified atom stereocenters. The van der Waals surface area contributed by atoms with Crippen LogP contribution in [0.15, 0.2) is 66.1 Å². The predicted octanol–water partition coefficient (Wildman–Crippen LogP) is 3.53. The first-order chi connectivity index (χ1) is 16.0. The van der Waals surface area contributed by atoms with Gasteiger partial charge in [0.1, 0.15) is 10.6 Å². The van der Waals surface area contributed by atoms with Crippen LogP contribution in [-0.4, -0.2) is 52.0 Å². The van der Waals surface area contributed by atoms with Crippen molar-refractivity contribution in [3.05, 3.63) is 61.2 Å². The highest BCUT2D eigenvalue weighted by atomic mass is 32.2. The van der Waals surface area contributed by atoms with Crippen LogP contribution >= 0.6 is 0 Å². The van der Waals surface area contributed by atoms with Crippen LogP contribution in [0.25, 0.3) is 16.7 Å². The molecule has 3 heterocycles. The Kier molecular flexibility index (Phi) is 5.47. The Morgan fingerprint density at radius 1 is 1.06 bits per heavy atom. The van der Waals surface area contributed by atoms with E-state index in [0.717, 1.165) is 38.0 Å². The maximum absolute atomic E-state index is 12.7. The molecule has 1 saturated heterocycles. The summed E-state index contributed by atoms with van der Waals surface area (Å²) in [6.45, 7) is 1.45. The van der Waals surface area contributed by atoms with E-state index in [9.17, 15) is 13.2 Å². The molecular formula is C22H22N6O4S. The Bertz CT molecular complexity index is 1370. The SMILES string of the molecule is O=C(Nc1nc2ccc(OS(=O)(=O)c3ccc(-n4ccnc4)cc3)cc2[nH]1)N1CCCCC1. The number of hydrogen-bond donors (Lipinski definition) is 2. The van der Waals surface area contributed by atoms with Gasteiger partial charge in [-0.1, -0.05) is 0 Å². The molecule has 33 heavy (non-hydrogen) atoms. The Balaban J connectivity index is 1.30. The number of carbonyl (C=O) groups is 1.